The molecule has 76 valence electrons. The van der Waals surface area contributed by atoms with Crippen LogP contribution in [-0.4, -0.2) is 8.42 Å². The van der Waals surface area contributed by atoms with Crippen LogP contribution in [0.1, 0.15) is 18.5 Å². The number of nitrogens with one attached hydrogen (secondary N) is 1. The molecule has 0 radical (unpaired) electrons. The van der Waals surface area contributed by atoms with E-state index in [-0.39, 0.29) is 6.04 Å². The lowest BCUT2D eigenvalue weighted by molar-refractivity contribution is 0.436. The van der Waals surface area contributed by atoms with Crippen LogP contribution < -0.4 is 8.91 Å². The highest BCUT2D eigenvalue weighted by Crippen LogP contribution is 2.32. The Morgan fingerprint density at radius 2 is 2.21 bits per heavy atom. The van der Waals surface area contributed by atoms with Crippen LogP contribution in [0, 0.1) is 0 Å². The second-order valence-electron chi connectivity index (χ2n) is 3.06. The number of fused-ring (bicyclic) bond motifs is 1. The summed E-state index contributed by atoms with van der Waals surface area (Å²) in [7, 11) is -3.62. The maximum absolute atomic E-state index is 11.2. The van der Waals surface area contributed by atoms with Gasteiger partial charge in [-0.1, -0.05) is 15.9 Å². The Labute approximate surface area is 90.7 Å². The molecule has 0 spiro atoms. The highest BCUT2D eigenvalue weighted by molar-refractivity contribution is 9.10. The van der Waals surface area contributed by atoms with Crippen molar-refractivity contribution in [1.29, 1.82) is 0 Å². The molecule has 1 N–H and O–H groups in total. The van der Waals surface area contributed by atoms with E-state index in [2.05, 4.69) is 20.7 Å². The first-order chi connectivity index (χ1) is 6.48. The van der Waals surface area contributed by atoms with Gasteiger partial charge in [-0.2, -0.15) is 13.1 Å². The third-order valence-corrected chi connectivity index (χ3v) is 3.49. The molecule has 1 aromatic rings. The minimum atomic E-state index is -3.62. The molecule has 0 aromatic heterocycles. The molecule has 14 heavy (non-hydrogen) atoms. The lowest BCUT2D eigenvalue weighted by Crippen LogP contribution is -2.35. The summed E-state index contributed by atoms with van der Waals surface area (Å²) in [5, 5.41) is 0. The Hall–Kier alpha value is -0.590. The smallest absolute Gasteiger partial charge is 0.371 e. The van der Waals surface area contributed by atoms with Crippen molar-refractivity contribution in [2.24, 2.45) is 0 Å². The number of halogens is 1. The van der Waals surface area contributed by atoms with Gasteiger partial charge in [0, 0.05) is 10.0 Å². The Bertz CT molecular complexity index is 471. The molecule has 1 aliphatic rings. The minimum Gasteiger partial charge on any atom is -0.371 e. The third kappa shape index (κ3) is 1.77. The Morgan fingerprint density at radius 1 is 1.50 bits per heavy atom. The lowest BCUT2D eigenvalue weighted by atomic mass is 10.1. The zero-order chi connectivity index (χ0) is 10.3. The van der Waals surface area contributed by atoms with Gasteiger partial charge in [-0.3, -0.25) is 0 Å². The molecule has 1 unspecified atom stereocenters. The first-order valence-electron chi connectivity index (χ1n) is 3.99. The average molecular weight is 278 g/mol. The second kappa shape index (κ2) is 3.22. The molecule has 1 heterocycles. The van der Waals surface area contributed by atoms with Crippen LogP contribution in [0.4, 0.5) is 0 Å². The molecule has 2 rings (SSSR count). The highest BCUT2D eigenvalue weighted by Gasteiger charge is 2.27. The molecule has 0 saturated carbocycles. The van der Waals surface area contributed by atoms with Crippen LogP contribution in [0.5, 0.6) is 5.75 Å². The normalized spacial score (nSPS) is 23.7. The van der Waals surface area contributed by atoms with Crippen LogP contribution in [0.2, 0.25) is 0 Å². The number of rotatable bonds is 0. The van der Waals surface area contributed by atoms with Crippen LogP contribution >= 0.6 is 15.9 Å². The van der Waals surface area contributed by atoms with E-state index < -0.39 is 10.3 Å². The maximum atomic E-state index is 11.2. The van der Waals surface area contributed by atoms with E-state index in [1.165, 1.54) is 0 Å². The topological polar surface area (TPSA) is 55.4 Å². The first-order valence-corrected chi connectivity index (χ1v) is 6.19. The minimum absolute atomic E-state index is 0.263. The maximum Gasteiger partial charge on any atom is 0.383 e. The lowest BCUT2D eigenvalue weighted by Gasteiger charge is -2.23. The van der Waals surface area contributed by atoms with Gasteiger partial charge in [-0.05, 0) is 25.1 Å². The molecule has 1 aromatic carbocycles. The van der Waals surface area contributed by atoms with E-state index in [9.17, 15) is 8.42 Å². The van der Waals surface area contributed by atoms with Crippen molar-refractivity contribution in [2.75, 3.05) is 0 Å². The monoisotopic (exact) mass is 277 g/mol. The number of hydrogen-bond donors (Lipinski definition) is 1. The van der Waals surface area contributed by atoms with Gasteiger partial charge in [-0.25, -0.2) is 0 Å². The molecule has 6 heteroatoms. The van der Waals surface area contributed by atoms with Crippen molar-refractivity contribution in [2.45, 2.75) is 13.0 Å². The van der Waals surface area contributed by atoms with E-state index in [1.54, 1.807) is 19.1 Å². The summed E-state index contributed by atoms with van der Waals surface area (Å²) < 4.78 is 30.4. The van der Waals surface area contributed by atoms with Crippen LogP contribution in [-0.2, 0) is 10.3 Å². The Balaban J connectivity index is 2.56. The van der Waals surface area contributed by atoms with Crippen molar-refractivity contribution >= 4 is 26.2 Å². The zero-order valence-corrected chi connectivity index (χ0v) is 9.72. The van der Waals surface area contributed by atoms with E-state index in [0.29, 0.717) is 5.75 Å². The predicted molar refractivity (Wildman–Crippen MR) is 55.2 cm³/mol. The van der Waals surface area contributed by atoms with Gasteiger partial charge in [-0.15, -0.1) is 0 Å². The van der Waals surface area contributed by atoms with Gasteiger partial charge in [0.1, 0.15) is 5.75 Å². The fraction of sp³-hybridized carbons (Fsp3) is 0.250. The largest absolute Gasteiger partial charge is 0.383 e. The number of hydrogen-bond acceptors (Lipinski definition) is 3. The van der Waals surface area contributed by atoms with E-state index >= 15 is 0 Å². The Kier molecular flexibility index (Phi) is 2.29. The van der Waals surface area contributed by atoms with Crippen molar-refractivity contribution in [1.82, 2.24) is 4.72 Å². The summed E-state index contributed by atoms with van der Waals surface area (Å²) in [5.74, 6) is 0.388. The molecular formula is C8H8BrNO3S. The van der Waals surface area contributed by atoms with E-state index in [1.807, 2.05) is 6.07 Å². The molecular weight excluding hydrogens is 270 g/mol. The van der Waals surface area contributed by atoms with Gasteiger partial charge >= 0.3 is 10.3 Å². The Morgan fingerprint density at radius 3 is 2.93 bits per heavy atom. The molecule has 0 amide bonds. The molecule has 0 bridgehead atoms. The zero-order valence-electron chi connectivity index (χ0n) is 7.32. The predicted octanol–water partition coefficient (Wildman–Crippen LogP) is 1.74. The quantitative estimate of drug-likeness (QED) is 0.786. The van der Waals surface area contributed by atoms with Gasteiger partial charge in [0.15, 0.2) is 0 Å². The molecule has 0 fully saturated rings. The molecule has 1 atom stereocenters. The molecule has 4 nitrogen and oxygen atoms in total. The van der Waals surface area contributed by atoms with Crippen molar-refractivity contribution in [3.8, 4) is 5.75 Å². The highest BCUT2D eigenvalue weighted by atomic mass is 79.9. The fourth-order valence-electron chi connectivity index (χ4n) is 1.36. The second-order valence-corrected chi connectivity index (χ2v) is 5.29. The van der Waals surface area contributed by atoms with Crippen LogP contribution in [0.15, 0.2) is 22.7 Å². The van der Waals surface area contributed by atoms with E-state index in [0.717, 1.165) is 10.0 Å². The van der Waals surface area contributed by atoms with Gasteiger partial charge in [0.25, 0.3) is 0 Å². The standard InChI is InChI=1S/C8H8BrNO3S/c1-5-7-4-6(9)2-3-8(7)13-14(11,12)10-5/h2-5,10H,1H3. The van der Waals surface area contributed by atoms with Crippen molar-refractivity contribution in [3.05, 3.63) is 28.2 Å². The van der Waals surface area contributed by atoms with Gasteiger partial charge in [0.05, 0.1) is 6.04 Å². The summed E-state index contributed by atoms with van der Waals surface area (Å²) in [6.45, 7) is 1.77. The van der Waals surface area contributed by atoms with Gasteiger partial charge in [0.2, 0.25) is 0 Å². The molecule has 0 aliphatic carbocycles. The summed E-state index contributed by atoms with van der Waals surface area (Å²) >= 11 is 3.31. The molecule has 0 saturated heterocycles. The van der Waals surface area contributed by atoms with Crippen molar-refractivity contribution < 1.29 is 12.6 Å². The van der Waals surface area contributed by atoms with Crippen molar-refractivity contribution in [3.63, 3.8) is 0 Å². The van der Waals surface area contributed by atoms with Gasteiger partial charge < -0.3 is 4.18 Å². The summed E-state index contributed by atoms with van der Waals surface area (Å²) in [4.78, 5) is 0. The molecule has 1 aliphatic heterocycles. The summed E-state index contributed by atoms with van der Waals surface area (Å²) in [6, 6.07) is 4.95. The first kappa shape index (κ1) is 9.95. The fourth-order valence-corrected chi connectivity index (χ4v) is 2.73. The SMILES string of the molecule is CC1NS(=O)(=O)Oc2ccc(Br)cc21. The van der Waals surface area contributed by atoms with Crippen LogP contribution in [0.25, 0.3) is 0 Å². The summed E-state index contributed by atoms with van der Waals surface area (Å²) in [6.07, 6.45) is 0. The van der Waals surface area contributed by atoms with E-state index in [4.69, 9.17) is 4.18 Å². The van der Waals surface area contributed by atoms with Crippen LogP contribution in [0.3, 0.4) is 0 Å². The average Bonchev–Trinajstić information content (AvgIpc) is 2.05. The summed E-state index contributed by atoms with van der Waals surface area (Å²) in [5.41, 5.74) is 0.828. The number of benzene rings is 1. The third-order valence-electron chi connectivity index (χ3n) is 1.96.